The Morgan fingerprint density at radius 3 is 2.64 bits per heavy atom. The van der Waals surface area contributed by atoms with Crippen LogP contribution in [-0.2, 0) is 10.2 Å². The van der Waals surface area contributed by atoms with E-state index in [-0.39, 0.29) is 0 Å². The van der Waals surface area contributed by atoms with Gasteiger partial charge in [-0.3, -0.25) is 0 Å². The minimum atomic E-state index is -3.64. The molecule has 9 heteroatoms. The highest BCUT2D eigenvalue weighted by molar-refractivity contribution is 7.87. The van der Waals surface area contributed by atoms with Gasteiger partial charge in [0.1, 0.15) is 6.07 Å². The van der Waals surface area contributed by atoms with Crippen molar-refractivity contribution in [3.8, 4) is 6.07 Å². The topological polar surface area (TPSA) is 125 Å². The first-order valence-electron chi connectivity index (χ1n) is 7.98. The van der Waals surface area contributed by atoms with Gasteiger partial charge < -0.3 is 4.90 Å². The molecule has 0 saturated carbocycles. The van der Waals surface area contributed by atoms with Gasteiger partial charge in [-0.05, 0) is 49.4 Å². The van der Waals surface area contributed by atoms with E-state index in [0.717, 1.165) is 40.8 Å². The second-order valence-corrected chi connectivity index (χ2v) is 7.84. The Kier molecular flexibility index (Phi) is 4.60. The first kappa shape index (κ1) is 17.5. The summed E-state index contributed by atoms with van der Waals surface area (Å²) in [5.41, 5.74) is 4.17. The summed E-state index contributed by atoms with van der Waals surface area (Å²) in [4.78, 5) is 2.10. The van der Waals surface area contributed by atoms with Crippen LogP contribution < -0.4 is 14.8 Å². The number of nitrogens with zero attached hydrogens (tertiary/aromatic N) is 4. The molecule has 1 aromatic carbocycles. The number of fused-ring (bicyclic) bond motifs is 1. The van der Waals surface area contributed by atoms with Gasteiger partial charge in [0.15, 0.2) is 5.69 Å². The number of hydrogen-bond acceptors (Lipinski definition) is 6. The number of benzene rings is 1. The summed E-state index contributed by atoms with van der Waals surface area (Å²) in [6.45, 7) is 5.86. The molecular formula is C16H20N6O2S. The third kappa shape index (κ3) is 3.71. The third-order valence-electron chi connectivity index (χ3n) is 4.58. The molecule has 1 aromatic heterocycles. The molecule has 3 N–H and O–H groups in total. The van der Waals surface area contributed by atoms with Crippen molar-refractivity contribution in [2.45, 2.75) is 20.3 Å². The molecule has 0 aliphatic carbocycles. The summed E-state index contributed by atoms with van der Waals surface area (Å²) in [5, 5.41) is 23.5. The van der Waals surface area contributed by atoms with E-state index < -0.39 is 10.2 Å². The molecule has 0 amide bonds. The molecule has 1 fully saturated rings. The second kappa shape index (κ2) is 6.55. The van der Waals surface area contributed by atoms with Crippen LogP contribution in [0.15, 0.2) is 12.1 Å². The molecule has 8 nitrogen and oxygen atoms in total. The second-order valence-electron chi connectivity index (χ2n) is 6.46. The van der Waals surface area contributed by atoms with Crippen molar-refractivity contribution in [3.63, 3.8) is 0 Å². The van der Waals surface area contributed by atoms with Gasteiger partial charge in [0.2, 0.25) is 0 Å². The highest BCUT2D eigenvalue weighted by Crippen LogP contribution is 2.34. The average molecular weight is 360 g/mol. The van der Waals surface area contributed by atoms with Gasteiger partial charge in [0.05, 0.1) is 11.2 Å². The molecule has 0 atom stereocenters. The van der Waals surface area contributed by atoms with Gasteiger partial charge in [0.25, 0.3) is 10.2 Å². The predicted octanol–water partition coefficient (Wildman–Crippen LogP) is 0.738. The normalized spacial score (nSPS) is 15.2. The maximum Gasteiger partial charge on any atom is 0.274 e. The van der Waals surface area contributed by atoms with Gasteiger partial charge >= 0.3 is 0 Å². The zero-order valence-corrected chi connectivity index (χ0v) is 15.0. The summed E-state index contributed by atoms with van der Waals surface area (Å²) < 4.78 is 24.1. The number of nitrogens with two attached hydrogens (primary N) is 1. The molecule has 25 heavy (non-hydrogen) atoms. The van der Waals surface area contributed by atoms with Crippen LogP contribution in [-0.4, -0.2) is 38.2 Å². The molecule has 0 bridgehead atoms. The molecule has 3 rings (SSSR count). The Bertz CT molecular complexity index is 961. The largest absolute Gasteiger partial charge is 0.368 e. The lowest BCUT2D eigenvalue weighted by molar-refractivity contribution is 0.384. The van der Waals surface area contributed by atoms with Crippen molar-refractivity contribution in [2.75, 3.05) is 24.5 Å². The van der Waals surface area contributed by atoms with Gasteiger partial charge in [0, 0.05) is 25.0 Å². The number of nitriles is 1. The number of aromatic nitrogens is 2. The zero-order valence-electron chi connectivity index (χ0n) is 14.2. The van der Waals surface area contributed by atoms with E-state index in [4.69, 9.17) is 5.14 Å². The number of aryl methyl sites for hydroxylation is 2. The summed E-state index contributed by atoms with van der Waals surface area (Å²) >= 11 is 0. The van der Waals surface area contributed by atoms with Crippen LogP contribution in [0, 0.1) is 31.1 Å². The van der Waals surface area contributed by atoms with Crippen molar-refractivity contribution in [2.24, 2.45) is 11.1 Å². The minimum Gasteiger partial charge on any atom is -0.368 e. The van der Waals surface area contributed by atoms with Gasteiger partial charge in [-0.15, -0.1) is 10.2 Å². The molecule has 0 spiro atoms. The fraction of sp³-hybridized carbons (Fsp3) is 0.438. The number of hydrogen-bond donors (Lipinski definition) is 2. The molecule has 2 aromatic rings. The monoisotopic (exact) mass is 360 g/mol. The molecular weight excluding hydrogens is 340 g/mol. The van der Waals surface area contributed by atoms with Gasteiger partial charge in [-0.25, -0.2) is 9.86 Å². The van der Waals surface area contributed by atoms with Crippen LogP contribution >= 0.6 is 0 Å². The molecule has 0 unspecified atom stereocenters. The van der Waals surface area contributed by atoms with Crippen molar-refractivity contribution >= 4 is 26.8 Å². The molecule has 0 radical (unpaired) electrons. The lowest BCUT2D eigenvalue weighted by Gasteiger charge is -2.41. The van der Waals surface area contributed by atoms with Crippen LogP contribution in [0.4, 0.5) is 5.69 Å². The quantitative estimate of drug-likeness (QED) is 0.810. The number of nitrogens with one attached hydrogen (secondary N) is 1. The van der Waals surface area contributed by atoms with Crippen LogP contribution in [0.25, 0.3) is 10.9 Å². The van der Waals surface area contributed by atoms with E-state index in [9.17, 15) is 13.7 Å². The van der Waals surface area contributed by atoms with E-state index in [2.05, 4.69) is 25.9 Å². The van der Waals surface area contributed by atoms with E-state index >= 15 is 0 Å². The van der Waals surface area contributed by atoms with Crippen molar-refractivity contribution in [3.05, 3.63) is 29.0 Å². The van der Waals surface area contributed by atoms with Crippen molar-refractivity contribution < 1.29 is 8.42 Å². The van der Waals surface area contributed by atoms with Crippen LogP contribution in [0.1, 0.15) is 23.2 Å². The fourth-order valence-electron chi connectivity index (χ4n) is 3.09. The Morgan fingerprint density at radius 1 is 1.32 bits per heavy atom. The Balaban J connectivity index is 1.80. The molecule has 2 heterocycles. The Hall–Kier alpha value is -2.28. The average Bonchev–Trinajstić information content (AvgIpc) is 2.49. The molecule has 1 aliphatic heterocycles. The number of anilines is 1. The third-order valence-corrected chi connectivity index (χ3v) is 5.19. The maximum absolute atomic E-state index is 10.9. The standard InChI is InChI=1S/C16H20N6O2S/c1-10-5-13-14(6-11(10)2)20-21-15(7-17)16(13)22-8-12(9-22)3-4-19-25(18,23)24/h5-6,12,19H,3-4,8-9H2,1-2H3,(H2,18,23,24). The summed E-state index contributed by atoms with van der Waals surface area (Å²) in [6.07, 6.45) is 0.698. The van der Waals surface area contributed by atoms with Crippen molar-refractivity contribution in [1.29, 1.82) is 5.26 Å². The molecule has 1 saturated heterocycles. The minimum absolute atomic E-state index is 0.316. The van der Waals surface area contributed by atoms with Gasteiger partial charge in [-0.1, -0.05) is 0 Å². The smallest absolute Gasteiger partial charge is 0.274 e. The molecule has 132 valence electrons. The lowest BCUT2D eigenvalue weighted by atomic mass is 9.94. The Labute approximate surface area is 146 Å². The zero-order chi connectivity index (χ0) is 18.2. The lowest BCUT2D eigenvalue weighted by Crippen LogP contribution is -2.48. The van der Waals surface area contributed by atoms with E-state index in [1.54, 1.807) is 0 Å². The summed E-state index contributed by atoms with van der Waals surface area (Å²) in [7, 11) is -3.64. The highest BCUT2D eigenvalue weighted by Gasteiger charge is 2.30. The number of rotatable bonds is 5. The predicted molar refractivity (Wildman–Crippen MR) is 95.2 cm³/mol. The van der Waals surface area contributed by atoms with E-state index in [1.807, 2.05) is 26.0 Å². The van der Waals surface area contributed by atoms with Crippen molar-refractivity contribution in [1.82, 2.24) is 14.9 Å². The summed E-state index contributed by atoms with van der Waals surface area (Å²) in [5.74, 6) is 0.343. The maximum atomic E-state index is 10.9. The van der Waals surface area contributed by atoms with Gasteiger partial charge in [-0.2, -0.15) is 13.7 Å². The molecule has 1 aliphatic rings. The summed E-state index contributed by atoms with van der Waals surface area (Å²) in [6, 6.07) is 6.15. The van der Waals surface area contributed by atoms with E-state index in [0.29, 0.717) is 24.6 Å². The van der Waals surface area contributed by atoms with Crippen LogP contribution in [0.3, 0.4) is 0 Å². The fourth-order valence-corrected chi connectivity index (χ4v) is 3.49. The SMILES string of the molecule is Cc1cc2nnc(C#N)c(N3CC(CCNS(N)(=O)=O)C3)c2cc1C. The first-order valence-corrected chi connectivity index (χ1v) is 9.53. The first-order chi connectivity index (χ1) is 11.8. The van der Waals surface area contributed by atoms with Crippen LogP contribution in [0.2, 0.25) is 0 Å². The van der Waals surface area contributed by atoms with E-state index in [1.165, 1.54) is 0 Å². The Morgan fingerprint density at radius 2 is 2.00 bits per heavy atom. The highest BCUT2D eigenvalue weighted by atomic mass is 32.2. The van der Waals surface area contributed by atoms with Crippen LogP contribution in [0.5, 0.6) is 0 Å².